The Bertz CT molecular complexity index is 417. The molecule has 2 atom stereocenters. The van der Waals surface area contributed by atoms with Crippen LogP contribution >= 0.6 is 11.8 Å². The zero-order valence-corrected chi connectivity index (χ0v) is 11.2. The highest BCUT2D eigenvalue weighted by Gasteiger charge is 2.33. The molecule has 3 rings (SSSR count). The van der Waals surface area contributed by atoms with Crippen molar-refractivity contribution in [2.75, 3.05) is 19.0 Å². The van der Waals surface area contributed by atoms with E-state index in [1.54, 1.807) is 0 Å². The largest absolute Gasteiger partial charge is 0.327 e. The first-order valence-corrected chi connectivity index (χ1v) is 7.58. The molecule has 18 heavy (non-hydrogen) atoms. The minimum atomic E-state index is -0.141. The predicted molar refractivity (Wildman–Crippen MR) is 74.4 cm³/mol. The zero-order chi connectivity index (χ0) is 12.4. The lowest BCUT2D eigenvalue weighted by atomic mass is 10.1. The van der Waals surface area contributed by atoms with Crippen molar-refractivity contribution in [3.8, 4) is 0 Å². The van der Waals surface area contributed by atoms with Crippen LogP contribution in [-0.2, 0) is 4.79 Å². The fourth-order valence-corrected chi connectivity index (χ4v) is 3.93. The normalized spacial score (nSPS) is 28.0. The van der Waals surface area contributed by atoms with E-state index in [0.717, 1.165) is 12.1 Å². The van der Waals surface area contributed by atoms with Gasteiger partial charge in [0.15, 0.2) is 0 Å². The van der Waals surface area contributed by atoms with Crippen molar-refractivity contribution in [1.29, 1.82) is 0 Å². The van der Waals surface area contributed by atoms with Crippen LogP contribution in [0.2, 0.25) is 0 Å². The van der Waals surface area contributed by atoms with Crippen LogP contribution in [0.1, 0.15) is 24.4 Å². The molecule has 0 saturated carbocycles. The lowest BCUT2D eigenvalue weighted by molar-refractivity contribution is -0.129. The van der Waals surface area contributed by atoms with Gasteiger partial charge in [0.2, 0.25) is 5.91 Å². The Labute approximate surface area is 112 Å². The average molecular weight is 262 g/mol. The topological polar surface area (TPSA) is 32.3 Å². The molecule has 0 aliphatic carbocycles. The number of nitrogens with one attached hydrogen (secondary N) is 1. The van der Waals surface area contributed by atoms with Crippen LogP contribution in [0.15, 0.2) is 30.3 Å². The SMILES string of the molecule is O=C1C(c2ccccc2)NCN1CC1CCCS1. The Kier molecular flexibility index (Phi) is 3.57. The summed E-state index contributed by atoms with van der Waals surface area (Å²) >= 11 is 2.01. The van der Waals surface area contributed by atoms with E-state index in [9.17, 15) is 4.79 Å². The Morgan fingerprint density at radius 3 is 2.89 bits per heavy atom. The number of hydrogen-bond donors (Lipinski definition) is 1. The Morgan fingerprint density at radius 2 is 2.17 bits per heavy atom. The van der Waals surface area contributed by atoms with Crippen LogP contribution in [0.25, 0.3) is 0 Å². The van der Waals surface area contributed by atoms with E-state index in [0.29, 0.717) is 11.9 Å². The number of rotatable bonds is 3. The van der Waals surface area contributed by atoms with E-state index in [2.05, 4.69) is 5.32 Å². The van der Waals surface area contributed by atoms with Gasteiger partial charge in [0, 0.05) is 11.8 Å². The van der Waals surface area contributed by atoms with E-state index in [-0.39, 0.29) is 11.9 Å². The van der Waals surface area contributed by atoms with Crippen LogP contribution in [0.5, 0.6) is 0 Å². The summed E-state index contributed by atoms with van der Waals surface area (Å²) in [7, 11) is 0. The van der Waals surface area contributed by atoms with Gasteiger partial charge in [-0.3, -0.25) is 10.1 Å². The van der Waals surface area contributed by atoms with Gasteiger partial charge in [-0.25, -0.2) is 0 Å². The van der Waals surface area contributed by atoms with Gasteiger partial charge in [0.05, 0.1) is 6.67 Å². The molecule has 0 bridgehead atoms. The molecule has 2 unspecified atom stereocenters. The summed E-state index contributed by atoms with van der Waals surface area (Å²) in [5.41, 5.74) is 1.07. The Balaban J connectivity index is 1.65. The fraction of sp³-hybridized carbons (Fsp3) is 0.500. The number of carbonyl (C=O) groups is 1. The van der Waals surface area contributed by atoms with Crippen molar-refractivity contribution in [3.63, 3.8) is 0 Å². The van der Waals surface area contributed by atoms with Crippen molar-refractivity contribution < 1.29 is 4.79 Å². The summed E-state index contributed by atoms with van der Waals surface area (Å²) < 4.78 is 0. The standard InChI is InChI=1S/C14H18N2OS/c17-14-13(11-5-2-1-3-6-11)15-10-16(14)9-12-7-4-8-18-12/h1-3,5-6,12-13,15H,4,7-10H2. The Hall–Kier alpha value is -1.00. The molecule has 4 heteroatoms. The van der Waals surface area contributed by atoms with Crippen molar-refractivity contribution in [2.45, 2.75) is 24.1 Å². The van der Waals surface area contributed by atoms with Gasteiger partial charge in [-0.15, -0.1) is 0 Å². The molecule has 2 aliphatic rings. The van der Waals surface area contributed by atoms with Crippen molar-refractivity contribution >= 4 is 17.7 Å². The number of nitrogens with zero attached hydrogens (tertiary/aromatic N) is 1. The third kappa shape index (κ3) is 2.40. The van der Waals surface area contributed by atoms with Gasteiger partial charge < -0.3 is 4.90 Å². The van der Waals surface area contributed by atoms with Gasteiger partial charge in [0.1, 0.15) is 6.04 Å². The molecular formula is C14H18N2OS. The Morgan fingerprint density at radius 1 is 1.33 bits per heavy atom. The molecule has 2 fully saturated rings. The van der Waals surface area contributed by atoms with Gasteiger partial charge in [-0.1, -0.05) is 30.3 Å². The number of carbonyl (C=O) groups excluding carboxylic acids is 1. The summed E-state index contributed by atoms with van der Waals surface area (Å²) in [5, 5.41) is 3.96. The summed E-state index contributed by atoms with van der Waals surface area (Å²) in [5.74, 6) is 1.48. The molecule has 1 N–H and O–H groups in total. The molecule has 1 aromatic carbocycles. The molecular weight excluding hydrogens is 244 g/mol. The van der Waals surface area contributed by atoms with Crippen molar-refractivity contribution in [2.24, 2.45) is 0 Å². The third-order valence-electron chi connectivity index (χ3n) is 3.63. The molecule has 1 amide bonds. The van der Waals surface area contributed by atoms with E-state index >= 15 is 0 Å². The smallest absolute Gasteiger partial charge is 0.245 e. The second kappa shape index (κ2) is 5.33. The second-order valence-corrected chi connectivity index (χ2v) is 6.31. The lowest BCUT2D eigenvalue weighted by Crippen LogP contribution is -2.32. The van der Waals surface area contributed by atoms with Crippen molar-refractivity contribution in [3.05, 3.63) is 35.9 Å². The highest BCUT2D eigenvalue weighted by molar-refractivity contribution is 8.00. The minimum absolute atomic E-state index is 0.141. The summed E-state index contributed by atoms with van der Waals surface area (Å²) in [4.78, 5) is 14.3. The molecule has 0 aromatic heterocycles. The highest BCUT2D eigenvalue weighted by Crippen LogP contribution is 2.28. The van der Waals surface area contributed by atoms with E-state index < -0.39 is 0 Å². The zero-order valence-electron chi connectivity index (χ0n) is 10.3. The summed E-state index contributed by atoms with van der Waals surface area (Å²) in [6.07, 6.45) is 2.55. The van der Waals surface area contributed by atoms with E-state index in [4.69, 9.17) is 0 Å². The second-order valence-electron chi connectivity index (χ2n) is 4.90. The van der Waals surface area contributed by atoms with Crippen LogP contribution in [0.4, 0.5) is 0 Å². The molecule has 2 saturated heterocycles. The van der Waals surface area contributed by atoms with Gasteiger partial charge in [-0.2, -0.15) is 11.8 Å². The molecule has 0 radical (unpaired) electrons. The summed E-state index contributed by atoms with van der Waals surface area (Å²) in [6.45, 7) is 1.59. The predicted octanol–water partition coefficient (Wildman–Crippen LogP) is 2.01. The number of thioether (sulfide) groups is 1. The van der Waals surface area contributed by atoms with Crippen molar-refractivity contribution in [1.82, 2.24) is 10.2 Å². The maximum absolute atomic E-state index is 12.3. The number of amides is 1. The van der Waals surface area contributed by atoms with Crippen LogP contribution in [0.3, 0.4) is 0 Å². The number of hydrogen-bond acceptors (Lipinski definition) is 3. The molecule has 3 nitrogen and oxygen atoms in total. The molecule has 96 valence electrons. The maximum atomic E-state index is 12.3. The van der Waals surface area contributed by atoms with Crippen LogP contribution in [0, 0.1) is 0 Å². The number of benzene rings is 1. The monoisotopic (exact) mass is 262 g/mol. The van der Waals surface area contributed by atoms with Gasteiger partial charge >= 0.3 is 0 Å². The molecule has 1 aromatic rings. The average Bonchev–Trinajstić information content (AvgIpc) is 3.03. The molecule has 0 spiro atoms. The molecule has 2 heterocycles. The van der Waals surface area contributed by atoms with Gasteiger partial charge in [0.25, 0.3) is 0 Å². The van der Waals surface area contributed by atoms with Gasteiger partial charge in [-0.05, 0) is 24.2 Å². The lowest BCUT2D eigenvalue weighted by Gasteiger charge is -2.19. The first-order chi connectivity index (χ1) is 8.84. The highest BCUT2D eigenvalue weighted by atomic mass is 32.2. The maximum Gasteiger partial charge on any atom is 0.245 e. The minimum Gasteiger partial charge on any atom is -0.327 e. The first-order valence-electron chi connectivity index (χ1n) is 6.53. The summed E-state index contributed by atoms with van der Waals surface area (Å²) in [6, 6.07) is 9.85. The third-order valence-corrected chi connectivity index (χ3v) is 5.01. The first kappa shape index (κ1) is 12.1. The quantitative estimate of drug-likeness (QED) is 0.904. The molecule has 2 aliphatic heterocycles. The fourth-order valence-electron chi connectivity index (χ4n) is 2.64. The van der Waals surface area contributed by atoms with E-state index in [1.807, 2.05) is 47.0 Å². The van der Waals surface area contributed by atoms with Crippen LogP contribution < -0.4 is 5.32 Å². The van der Waals surface area contributed by atoms with E-state index in [1.165, 1.54) is 18.6 Å². The van der Waals surface area contributed by atoms with Crippen LogP contribution in [-0.4, -0.2) is 35.0 Å².